The maximum Gasteiger partial charge on any atom is 0.116 e. The molecule has 206 valence electrons. The summed E-state index contributed by atoms with van der Waals surface area (Å²) in [5.74, 6) is 2.78. The van der Waals surface area contributed by atoms with Crippen LogP contribution in [0.5, 0.6) is 0 Å². The van der Waals surface area contributed by atoms with Crippen LogP contribution in [-0.2, 0) is 4.74 Å². The van der Waals surface area contributed by atoms with Crippen LogP contribution in [0, 0.1) is 34.5 Å². The van der Waals surface area contributed by atoms with E-state index in [4.69, 9.17) is 4.74 Å². The Morgan fingerprint density at radius 2 is 1.72 bits per heavy atom. The summed E-state index contributed by atoms with van der Waals surface area (Å²) < 4.78 is 6.73. The van der Waals surface area contributed by atoms with E-state index >= 15 is 0 Å². The number of ether oxygens (including phenoxy) is 1. The molecule has 6 fully saturated rings. The van der Waals surface area contributed by atoms with Crippen LogP contribution in [0.25, 0.3) is 0 Å². The molecule has 6 heteroatoms. The van der Waals surface area contributed by atoms with Crippen LogP contribution in [0.15, 0.2) is 12.7 Å². The average molecular weight is 568 g/mol. The molecule has 2 heterocycles. The highest BCUT2D eigenvalue weighted by molar-refractivity contribution is 5.13. The van der Waals surface area contributed by atoms with E-state index in [0.29, 0.717) is 29.3 Å². The molecule has 2 saturated heterocycles. The normalized spacial score (nSPS) is 50.4. The topological polar surface area (TPSA) is 52.9 Å². The lowest BCUT2D eigenvalue weighted by Gasteiger charge is -2.62. The second kappa shape index (κ2) is 10.2. The molecule has 0 amide bonds. The Labute approximate surface area is 230 Å². The van der Waals surface area contributed by atoms with Crippen molar-refractivity contribution in [2.24, 2.45) is 34.5 Å². The van der Waals surface area contributed by atoms with E-state index in [1.165, 1.54) is 58.0 Å². The van der Waals surface area contributed by atoms with Gasteiger partial charge in [-0.25, -0.2) is 0 Å². The fraction of sp³-hybridized carbons (Fsp3) is 0.933. The summed E-state index contributed by atoms with van der Waals surface area (Å²) in [5, 5.41) is 23.1. The van der Waals surface area contributed by atoms with E-state index in [0.717, 1.165) is 62.0 Å². The van der Waals surface area contributed by atoms with E-state index in [2.05, 4.69) is 31.4 Å². The van der Waals surface area contributed by atoms with Gasteiger partial charge < -0.3 is 36.4 Å². The van der Waals surface area contributed by atoms with Crippen LogP contribution < -0.4 is 17.0 Å². The summed E-state index contributed by atoms with van der Waals surface area (Å²) in [4.78, 5) is 2.54. The molecule has 5 nitrogen and oxygen atoms in total. The van der Waals surface area contributed by atoms with Gasteiger partial charge in [-0.15, -0.1) is 0 Å². The van der Waals surface area contributed by atoms with Gasteiger partial charge in [-0.3, -0.25) is 4.90 Å². The standard InChI is InChI=1S/C30H51N2O3.BrH/c1-4-13-32(14-5-6-15-32)26-19-24-22-8-7-21-18-27(33)25(31-11-16-35-17-12-31)20-30(21,3)23(22)9-10-29(24,2)28(26)34;/h4,21-28,33-34H,1,5-20H2,2-3H3;1H/q+1;/p-1/t21-,22?,23?,24?,25-,26-,27-,28-,29-,30-;/m0./s1. The van der Waals surface area contributed by atoms with E-state index in [1.807, 2.05) is 0 Å². The first kappa shape index (κ1) is 27.6. The lowest BCUT2D eigenvalue weighted by Crippen LogP contribution is -3.00. The number of halogens is 1. The number of rotatable bonds is 4. The van der Waals surface area contributed by atoms with Crippen LogP contribution >= 0.6 is 0 Å². The number of quaternary nitrogens is 1. The predicted octanol–water partition coefficient (Wildman–Crippen LogP) is 0.841. The first-order valence-electron chi connectivity index (χ1n) is 15.0. The number of aliphatic hydroxyl groups excluding tert-OH is 2. The number of fused-ring (bicyclic) bond motifs is 5. The van der Waals surface area contributed by atoms with E-state index in [1.54, 1.807) is 0 Å². The monoisotopic (exact) mass is 566 g/mol. The molecule has 0 aromatic carbocycles. The van der Waals surface area contributed by atoms with Crippen molar-refractivity contribution >= 4 is 0 Å². The van der Waals surface area contributed by atoms with Crippen LogP contribution in [-0.4, -0.2) is 89.8 Å². The molecule has 0 radical (unpaired) electrons. The predicted molar refractivity (Wildman–Crippen MR) is 139 cm³/mol. The van der Waals surface area contributed by atoms with Crippen LogP contribution in [0.3, 0.4) is 0 Å². The van der Waals surface area contributed by atoms with Gasteiger partial charge in [0.1, 0.15) is 12.1 Å². The Balaban J connectivity index is 0.00000267. The second-order valence-corrected chi connectivity index (χ2v) is 14.0. The highest BCUT2D eigenvalue weighted by Crippen LogP contribution is 2.67. The summed E-state index contributed by atoms with van der Waals surface area (Å²) in [6, 6.07) is 0.684. The van der Waals surface area contributed by atoms with Crippen molar-refractivity contribution in [2.45, 2.75) is 95.9 Å². The van der Waals surface area contributed by atoms with Gasteiger partial charge in [0.15, 0.2) is 0 Å². The largest absolute Gasteiger partial charge is 1.00 e. The maximum absolute atomic E-state index is 11.9. The van der Waals surface area contributed by atoms with Gasteiger partial charge >= 0.3 is 0 Å². The van der Waals surface area contributed by atoms with Crippen molar-refractivity contribution in [2.75, 3.05) is 45.9 Å². The number of nitrogens with zero attached hydrogens (tertiary/aromatic N) is 2. The summed E-state index contributed by atoms with van der Waals surface area (Å²) in [6.45, 7) is 16.2. The minimum Gasteiger partial charge on any atom is -1.00 e. The van der Waals surface area contributed by atoms with E-state index < -0.39 is 0 Å². The van der Waals surface area contributed by atoms with Gasteiger partial charge in [0.2, 0.25) is 0 Å². The van der Waals surface area contributed by atoms with Gasteiger partial charge in [-0.1, -0.05) is 20.4 Å². The van der Waals surface area contributed by atoms with E-state index in [-0.39, 0.29) is 34.6 Å². The van der Waals surface area contributed by atoms with Crippen LogP contribution in [0.2, 0.25) is 0 Å². The molecule has 2 N–H and O–H groups in total. The molecule has 6 rings (SSSR count). The molecule has 0 bridgehead atoms. The van der Waals surface area contributed by atoms with Crippen molar-refractivity contribution in [3.8, 4) is 0 Å². The molecule has 4 aliphatic carbocycles. The third kappa shape index (κ3) is 4.11. The van der Waals surface area contributed by atoms with Crippen molar-refractivity contribution < 1.29 is 36.4 Å². The number of aliphatic hydroxyl groups is 2. The van der Waals surface area contributed by atoms with Crippen molar-refractivity contribution in [3.05, 3.63) is 12.7 Å². The average Bonchev–Trinajstić information content (AvgIpc) is 3.43. The highest BCUT2D eigenvalue weighted by atomic mass is 79.9. The van der Waals surface area contributed by atoms with Gasteiger partial charge in [-0.2, -0.15) is 0 Å². The van der Waals surface area contributed by atoms with Gasteiger partial charge in [0.25, 0.3) is 0 Å². The molecule has 0 aromatic rings. The molecule has 10 atom stereocenters. The molecule has 2 aliphatic heterocycles. The Morgan fingerprint density at radius 1 is 1.00 bits per heavy atom. The highest BCUT2D eigenvalue weighted by Gasteiger charge is 2.66. The molecular weight excluding hydrogens is 516 g/mol. The third-order valence-corrected chi connectivity index (χ3v) is 12.8. The Morgan fingerprint density at radius 3 is 2.42 bits per heavy atom. The molecule has 0 spiro atoms. The minimum absolute atomic E-state index is 0. The molecular formula is C30H51BrN2O3. The van der Waals surface area contributed by atoms with Crippen LogP contribution in [0.4, 0.5) is 0 Å². The fourth-order valence-corrected chi connectivity index (χ4v) is 10.9. The summed E-state index contributed by atoms with van der Waals surface area (Å²) in [6.07, 6.45) is 12.7. The van der Waals surface area contributed by atoms with Crippen molar-refractivity contribution in [1.29, 1.82) is 0 Å². The SMILES string of the molecule is C=CC[N+]1([C@H]2CC3C4CC[C@H]5C[C@H](O)[C@@H](N6CCOCC6)C[C@]5(C)C4CC[C@]3(C)[C@H]2O)CCCC1.[Br-]. The third-order valence-electron chi connectivity index (χ3n) is 12.8. The summed E-state index contributed by atoms with van der Waals surface area (Å²) in [5.41, 5.74) is 0.387. The smallest absolute Gasteiger partial charge is 0.116 e. The fourth-order valence-electron chi connectivity index (χ4n) is 10.9. The number of hydrogen-bond acceptors (Lipinski definition) is 4. The Bertz CT molecular complexity index is 799. The summed E-state index contributed by atoms with van der Waals surface area (Å²) in [7, 11) is 0. The van der Waals surface area contributed by atoms with Crippen LogP contribution in [0.1, 0.15) is 71.6 Å². The zero-order chi connectivity index (χ0) is 24.4. The molecule has 0 aromatic heterocycles. The zero-order valence-electron chi connectivity index (χ0n) is 22.8. The first-order valence-corrected chi connectivity index (χ1v) is 15.0. The number of morpholine rings is 1. The number of hydrogen-bond donors (Lipinski definition) is 2. The van der Waals surface area contributed by atoms with E-state index in [9.17, 15) is 10.2 Å². The quantitative estimate of drug-likeness (QED) is 0.391. The molecule has 3 unspecified atom stereocenters. The molecule has 4 saturated carbocycles. The van der Waals surface area contributed by atoms with Gasteiger partial charge in [-0.05, 0) is 73.7 Å². The Kier molecular flexibility index (Phi) is 7.82. The Hall–Kier alpha value is 0.0200. The maximum atomic E-state index is 11.9. The van der Waals surface area contributed by atoms with Crippen molar-refractivity contribution in [3.63, 3.8) is 0 Å². The first-order chi connectivity index (χ1) is 16.8. The lowest BCUT2D eigenvalue weighted by molar-refractivity contribution is -0.938. The zero-order valence-corrected chi connectivity index (χ0v) is 24.4. The van der Waals surface area contributed by atoms with Gasteiger partial charge in [0, 0.05) is 43.8 Å². The summed E-state index contributed by atoms with van der Waals surface area (Å²) >= 11 is 0. The molecule has 36 heavy (non-hydrogen) atoms. The molecule has 6 aliphatic rings. The van der Waals surface area contributed by atoms with Gasteiger partial charge in [0.05, 0.1) is 39.0 Å². The second-order valence-electron chi connectivity index (χ2n) is 14.0. The number of likely N-dealkylation sites (tertiary alicyclic amines) is 1. The lowest BCUT2D eigenvalue weighted by atomic mass is 9.44. The minimum atomic E-state index is -0.187. The van der Waals surface area contributed by atoms with Crippen molar-refractivity contribution in [1.82, 2.24) is 4.90 Å².